The first-order valence-corrected chi connectivity index (χ1v) is 12.5. The van der Waals surface area contributed by atoms with E-state index in [9.17, 15) is 9.59 Å². The van der Waals surface area contributed by atoms with Crippen molar-refractivity contribution < 1.29 is 14.3 Å². The fourth-order valence-electron chi connectivity index (χ4n) is 3.80. The Morgan fingerprint density at radius 3 is 2.50 bits per heavy atom. The number of nitrogens with zero attached hydrogens (tertiary/aromatic N) is 3. The van der Waals surface area contributed by atoms with Crippen molar-refractivity contribution in [2.45, 2.75) is 19.8 Å². The molecule has 1 N–H and O–H groups in total. The van der Waals surface area contributed by atoms with Gasteiger partial charge in [0.25, 0.3) is 5.91 Å². The molecule has 0 aliphatic rings. The van der Waals surface area contributed by atoms with Crippen LogP contribution in [-0.4, -0.2) is 47.1 Å². The van der Waals surface area contributed by atoms with Crippen LogP contribution in [0.3, 0.4) is 0 Å². The number of amides is 2. The van der Waals surface area contributed by atoms with Crippen molar-refractivity contribution in [3.8, 4) is 16.3 Å². The van der Waals surface area contributed by atoms with Gasteiger partial charge in [-0.1, -0.05) is 77.6 Å². The van der Waals surface area contributed by atoms with Crippen molar-refractivity contribution in [1.29, 1.82) is 0 Å². The summed E-state index contributed by atoms with van der Waals surface area (Å²) >= 11 is 1.32. The molecule has 3 aromatic carbocycles. The average molecular weight is 501 g/mol. The Balaban J connectivity index is 1.42. The lowest BCUT2D eigenvalue weighted by atomic mass is 10.1. The van der Waals surface area contributed by atoms with Crippen molar-refractivity contribution in [1.82, 2.24) is 15.1 Å². The standard InChI is InChI=1S/C28H28N4O3S/c1-20-9-8-12-22(19-20)26-30-31-28(36-26)29-25(33)16-18-32(17-15-21-10-4-3-5-11-21)27(34)23-13-6-7-14-24(23)35-2/h3-14,19H,15-18H2,1-2H3,(H,29,31,33). The van der Waals surface area contributed by atoms with E-state index in [2.05, 4.69) is 15.5 Å². The SMILES string of the molecule is COc1ccccc1C(=O)N(CCC(=O)Nc1nnc(-c2cccc(C)c2)s1)CCc1ccccc1. The molecule has 36 heavy (non-hydrogen) atoms. The predicted octanol–water partition coefficient (Wildman–Crippen LogP) is 5.24. The highest BCUT2D eigenvalue weighted by Crippen LogP contribution is 2.27. The first kappa shape index (κ1) is 25.1. The molecule has 0 saturated carbocycles. The minimum atomic E-state index is -0.223. The summed E-state index contributed by atoms with van der Waals surface area (Å²) in [6, 6.07) is 25.1. The van der Waals surface area contributed by atoms with Gasteiger partial charge < -0.3 is 15.0 Å². The van der Waals surface area contributed by atoms with Gasteiger partial charge in [-0.2, -0.15) is 0 Å². The van der Waals surface area contributed by atoms with Crippen molar-refractivity contribution in [2.75, 3.05) is 25.5 Å². The number of ether oxygens (including phenoxy) is 1. The van der Waals surface area contributed by atoms with Gasteiger partial charge >= 0.3 is 0 Å². The largest absolute Gasteiger partial charge is 0.496 e. The number of para-hydroxylation sites is 1. The monoisotopic (exact) mass is 500 g/mol. The highest BCUT2D eigenvalue weighted by molar-refractivity contribution is 7.18. The topological polar surface area (TPSA) is 84.4 Å². The lowest BCUT2D eigenvalue weighted by Gasteiger charge is -2.23. The van der Waals surface area contributed by atoms with Crippen LogP contribution in [-0.2, 0) is 11.2 Å². The van der Waals surface area contributed by atoms with Crippen molar-refractivity contribution >= 4 is 28.3 Å². The lowest BCUT2D eigenvalue weighted by molar-refractivity contribution is -0.116. The normalized spacial score (nSPS) is 10.6. The summed E-state index contributed by atoms with van der Waals surface area (Å²) in [6.45, 7) is 2.76. The molecule has 0 aliphatic carbocycles. The van der Waals surface area contributed by atoms with Crippen LogP contribution in [0.4, 0.5) is 5.13 Å². The number of nitrogens with one attached hydrogen (secondary N) is 1. The predicted molar refractivity (Wildman–Crippen MR) is 142 cm³/mol. The molecule has 0 fully saturated rings. The summed E-state index contributed by atoms with van der Waals surface area (Å²) in [7, 11) is 1.54. The Hall–Kier alpha value is -4.04. The summed E-state index contributed by atoms with van der Waals surface area (Å²) in [5.41, 5.74) is 3.68. The van der Waals surface area contributed by atoms with E-state index in [1.54, 1.807) is 30.2 Å². The molecule has 0 saturated heterocycles. The second-order valence-corrected chi connectivity index (χ2v) is 9.29. The summed E-state index contributed by atoms with van der Waals surface area (Å²) in [4.78, 5) is 27.8. The number of methoxy groups -OCH3 is 1. The molecule has 4 rings (SSSR count). The van der Waals surface area contributed by atoms with Crippen molar-refractivity contribution in [3.63, 3.8) is 0 Å². The van der Waals surface area contributed by atoms with Crippen molar-refractivity contribution in [3.05, 3.63) is 95.6 Å². The third-order valence-electron chi connectivity index (χ3n) is 5.68. The van der Waals surface area contributed by atoms with Crippen LogP contribution in [0.15, 0.2) is 78.9 Å². The van der Waals surface area contributed by atoms with Crippen LogP contribution in [0.5, 0.6) is 5.75 Å². The van der Waals surface area contributed by atoms with Gasteiger partial charge in [-0.05, 0) is 37.1 Å². The van der Waals surface area contributed by atoms with E-state index in [1.165, 1.54) is 11.3 Å². The summed E-state index contributed by atoms with van der Waals surface area (Å²) in [6.07, 6.45) is 0.814. The van der Waals surface area contributed by atoms with Gasteiger partial charge in [0.1, 0.15) is 10.8 Å². The number of hydrogen-bond donors (Lipinski definition) is 1. The Morgan fingerprint density at radius 2 is 1.72 bits per heavy atom. The van der Waals surface area contributed by atoms with Gasteiger partial charge in [0.15, 0.2) is 0 Å². The molecule has 1 heterocycles. The number of aromatic nitrogens is 2. The number of hydrogen-bond acceptors (Lipinski definition) is 6. The maximum Gasteiger partial charge on any atom is 0.257 e. The van der Waals surface area contributed by atoms with Gasteiger partial charge in [0, 0.05) is 25.1 Å². The molecule has 0 spiro atoms. The fraction of sp³-hybridized carbons (Fsp3) is 0.214. The zero-order valence-electron chi connectivity index (χ0n) is 20.3. The summed E-state index contributed by atoms with van der Waals surface area (Å²) in [5, 5.41) is 12.3. The van der Waals surface area contributed by atoms with Crippen LogP contribution in [0.25, 0.3) is 10.6 Å². The average Bonchev–Trinajstić information content (AvgIpc) is 3.37. The minimum absolute atomic E-state index is 0.134. The molecule has 1 aromatic heterocycles. The van der Waals surface area contributed by atoms with Gasteiger partial charge in [-0.3, -0.25) is 9.59 Å². The molecule has 0 atom stereocenters. The van der Waals surface area contributed by atoms with Gasteiger partial charge in [-0.15, -0.1) is 10.2 Å². The van der Waals surface area contributed by atoms with E-state index in [0.29, 0.717) is 29.4 Å². The molecule has 4 aromatic rings. The molecular formula is C28H28N4O3S. The van der Waals surface area contributed by atoms with Crippen LogP contribution < -0.4 is 10.1 Å². The van der Waals surface area contributed by atoms with Crippen LogP contribution in [0, 0.1) is 6.92 Å². The molecule has 7 nitrogen and oxygen atoms in total. The minimum Gasteiger partial charge on any atom is -0.496 e. The van der Waals surface area contributed by atoms with Crippen LogP contribution >= 0.6 is 11.3 Å². The zero-order chi connectivity index (χ0) is 25.3. The highest BCUT2D eigenvalue weighted by Gasteiger charge is 2.20. The van der Waals surface area contributed by atoms with E-state index >= 15 is 0 Å². The van der Waals surface area contributed by atoms with E-state index < -0.39 is 0 Å². The van der Waals surface area contributed by atoms with E-state index in [-0.39, 0.29) is 24.8 Å². The van der Waals surface area contributed by atoms with Crippen molar-refractivity contribution in [2.24, 2.45) is 0 Å². The fourth-order valence-corrected chi connectivity index (χ4v) is 4.56. The Morgan fingerprint density at radius 1 is 0.944 bits per heavy atom. The number of anilines is 1. The molecule has 0 bridgehead atoms. The summed E-state index contributed by atoms with van der Waals surface area (Å²) < 4.78 is 5.39. The third kappa shape index (κ3) is 6.55. The number of benzene rings is 3. The maximum atomic E-state index is 13.4. The first-order chi connectivity index (χ1) is 17.5. The van der Waals surface area contributed by atoms with Gasteiger partial charge in [0.05, 0.1) is 12.7 Å². The number of rotatable bonds is 10. The second kappa shape index (κ2) is 12.1. The summed E-state index contributed by atoms with van der Waals surface area (Å²) in [5.74, 6) is 0.113. The Labute approximate surface area is 214 Å². The molecule has 184 valence electrons. The quantitative estimate of drug-likeness (QED) is 0.322. The first-order valence-electron chi connectivity index (χ1n) is 11.7. The molecule has 2 amide bonds. The smallest absolute Gasteiger partial charge is 0.257 e. The zero-order valence-corrected chi connectivity index (χ0v) is 21.1. The molecule has 8 heteroatoms. The van der Waals surface area contributed by atoms with E-state index in [1.807, 2.05) is 67.6 Å². The van der Waals surface area contributed by atoms with Crippen LogP contribution in [0.1, 0.15) is 27.9 Å². The van der Waals surface area contributed by atoms with E-state index in [0.717, 1.165) is 21.7 Å². The third-order valence-corrected chi connectivity index (χ3v) is 6.57. The number of carbonyl (C=O) groups excluding carboxylic acids is 2. The Kier molecular flexibility index (Phi) is 8.41. The molecule has 0 unspecified atom stereocenters. The highest BCUT2D eigenvalue weighted by atomic mass is 32.1. The maximum absolute atomic E-state index is 13.4. The molecule has 0 radical (unpaired) electrons. The molecular weight excluding hydrogens is 472 g/mol. The van der Waals surface area contributed by atoms with Gasteiger partial charge in [0.2, 0.25) is 11.0 Å². The second-order valence-electron chi connectivity index (χ2n) is 8.31. The molecule has 0 aliphatic heterocycles. The van der Waals surface area contributed by atoms with Crippen LogP contribution in [0.2, 0.25) is 0 Å². The van der Waals surface area contributed by atoms with Gasteiger partial charge in [-0.25, -0.2) is 0 Å². The number of carbonyl (C=O) groups is 2. The lowest BCUT2D eigenvalue weighted by Crippen LogP contribution is -2.35. The Bertz CT molecular complexity index is 1320. The number of aryl methyl sites for hydroxylation is 1. The van der Waals surface area contributed by atoms with E-state index in [4.69, 9.17) is 4.74 Å².